The van der Waals surface area contributed by atoms with Gasteiger partial charge in [-0.2, -0.15) is 0 Å². The summed E-state index contributed by atoms with van der Waals surface area (Å²) >= 11 is 0. The molecule has 0 radical (unpaired) electrons. The summed E-state index contributed by atoms with van der Waals surface area (Å²) in [5.41, 5.74) is 3.51. The second-order valence-electron chi connectivity index (χ2n) is 6.21. The number of carbonyl (C=O) groups excluding carboxylic acids is 1. The Labute approximate surface area is 142 Å². The van der Waals surface area contributed by atoms with Crippen LogP contribution in [0, 0.1) is 0 Å². The van der Waals surface area contributed by atoms with E-state index < -0.39 is 12.0 Å². The van der Waals surface area contributed by atoms with Crippen molar-refractivity contribution in [3.05, 3.63) is 29.3 Å². The van der Waals surface area contributed by atoms with Gasteiger partial charge in [0.05, 0.1) is 6.54 Å². The van der Waals surface area contributed by atoms with Crippen molar-refractivity contribution in [3.63, 3.8) is 0 Å². The van der Waals surface area contributed by atoms with Gasteiger partial charge in [0, 0.05) is 5.69 Å². The molecule has 1 aromatic rings. The maximum absolute atomic E-state index is 12.2. The number of carboxylic acids is 1. The molecule has 0 saturated carbocycles. The van der Waals surface area contributed by atoms with Crippen LogP contribution in [0.2, 0.25) is 0 Å². The van der Waals surface area contributed by atoms with E-state index in [-0.39, 0.29) is 24.9 Å². The van der Waals surface area contributed by atoms with Gasteiger partial charge in [-0.3, -0.25) is 14.5 Å². The van der Waals surface area contributed by atoms with Gasteiger partial charge in [0.2, 0.25) is 5.91 Å². The molecule has 1 saturated heterocycles. The van der Waals surface area contributed by atoms with Crippen LogP contribution in [0.1, 0.15) is 36.8 Å². The number of hydrogen-bond acceptors (Lipinski definition) is 3. The lowest BCUT2D eigenvalue weighted by Crippen LogP contribution is -2.47. The van der Waals surface area contributed by atoms with Crippen LogP contribution in [0.4, 0.5) is 5.69 Å². The number of aryl methyl sites for hydroxylation is 2. The third-order valence-electron chi connectivity index (χ3n) is 4.63. The topological polar surface area (TPSA) is 69.6 Å². The number of nitrogens with zero attached hydrogens (tertiary/aromatic N) is 1. The SMILES string of the molecule is Cl.O=C(CN1CCCCC1C(=O)O)Nc1ccc2c(c1)CCC2. The quantitative estimate of drug-likeness (QED) is 0.885. The van der Waals surface area contributed by atoms with Crippen LogP contribution in [0.25, 0.3) is 0 Å². The van der Waals surface area contributed by atoms with Crippen LogP contribution in [-0.2, 0) is 22.4 Å². The Morgan fingerprint density at radius 2 is 1.96 bits per heavy atom. The summed E-state index contributed by atoms with van der Waals surface area (Å²) in [5.74, 6) is -0.962. The van der Waals surface area contributed by atoms with Crippen molar-refractivity contribution in [2.45, 2.75) is 44.6 Å². The summed E-state index contributed by atoms with van der Waals surface area (Å²) in [4.78, 5) is 25.2. The van der Waals surface area contributed by atoms with Gasteiger partial charge in [-0.1, -0.05) is 12.5 Å². The lowest BCUT2D eigenvalue weighted by Gasteiger charge is -2.32. The number of fused-ring (bicyclic) bond motifs is 1. The van der Waals surface area contributed by atoms with E-state index in [1.165, 1.54) is 17.5 Å². The number of anilines is 1. The average Bonchev–Trinajstić information content (AvgIpc) is 2.95. The van der Waals surface area contributed by atoms with Crippen LogP contribution in [-0.4, -0.2) is 41.0 Å². The summed E-state index contributed by atoms with van der Waals surface area (Å²) in [7, 11) is 0. The molecule has 0 bridgehead atoms. The molecule has 23 heavy (non-hydrogen) atoms. The number of benzene rings is 1. The normalized spacial score (nSPS) is 20.4. The first kappa shape index (κ1) is 17.8. The number of likely N-dealkylation sites (tertiary alicyclic amines) is 1. The highest BCUT2D eigenvalue weighted by atomic mass is 35.5. The number of carboxylic acid groups (broad SMARTS) is 1. The fourth-order valence-corrected chi connectivity index (χ4v) is 3.49. The molecule has 1 heterocycles. The van der Waals surface area contributed by atoms with E-state index in [9.17, 15) is 14.7 Å². The molecule has 1 amide bonds. The van der Waals surface area contributed by atoms with E-state index in [0.717, 1.165) is 31.4 Å². The molecule has 0 spiro atoms. The minimum absolute atomic E-state index is 0. The monoisotopic (exact) mass is 338 g/mol. The van der Waals surface area contributed by atoms with Gasteiger partial charge >= 0.3 is 5.97 Å². The van der Waals surface area contributed by atoms with Crippen LogP contribution in [0.5, 0.6) is 0 Å². The number of aliphatic carboxylic acids is 1. The van der Waals surface area contributed by atoms with Gasteiger partial charge in [0.1, 0.15) is 6.04 Å². The number of hydrogen-bond donors (Lipinski definition) is 2. The Morgan fingerprint density at radius 1 is 1.17 bits per heavy atom. The van der Waals surface area contributed by atoms with Gasteiger partial charge in [0.25, 0.3) is 0 Å². The molecular formula is C17H23ClN2O3. The van der Waals surface area contributed by atoms with Crippen molar-refractivity contribution in [1.29, 1.82) is 0 Å². The molecule has 1 unspecified atom stereocenters. The molecule has 5 nitrogen and oxygen atoms in total. The van der Waals surface area contributed by atoms with Gasteiger partial charge in [0.15, 0.2) is 0 Å². The lowest BCUT2D eigenvalue weighted by atomic mass is 10.0. The van der Waals surface area contributed by atoms with Crippen LogP contribution in [0.3, 0.4) is 0 Å². The number of halogens is 1. The van der Waals surface area contributed by atoms with Crippen molar-refractivity contribution in [3.8, 4) is 0 Å². The number of rotatable bonds is 4. The lowest BCUT2D eigenvalue weighted by molar-refractivity contribution is -0.145. The Kier molecular flexibility index (Phi) is 6.02. The van der Waals surface area contributed by atoms with Gasteiger partial charge in [-0.15, -0.1) is 12.4 Å². The summed E-state index contributed by atoms with van der Waals surface area (Å²) in [6.45, 7) is 0.822. The molecule has 6 heteroatoms. The van der Waals surface area contributed by atoms with Crippen molar-refractivity contribution >= 4 is 30.0 Å². The average molecular weight is 339 g/mol. The molecule has 1 aliphatic heterocycles. The fraction of sp³-hybridized carbons (Fsp3) is 0.529. The molecule has 1 aliphatic carbocycles. The van der Waals surface area contributed by atoms with Crippen molar-refractivity contribution in [2.24, 2.45) is 0 Å². The number of carbonyl (C=O) groups is 2. The first-order chi connectivity index (χ1) is 10.6. The molecule has 0 aromatic heterocycles. The zero-order chi connectivity index (χ0) is 15.5. The minimum atomic E-state index is -0.829. The number of piperidine rings is 1. The second kappa shape index (κ2) is 7.79. The number of amides is 1. The fourth-order valence-electron chi connectivity index (χ4n) is 3.49. The number of nitrogens with one attached hydrogen (secondary N) is 1. The zero-order valence-corrected chi connectivity index (χ0v) is 13.9. The van der Waals surface area contributed by atoms with E-state index in [1.54, 1.807) is 4.90 Å². The second-order valence-corrected chi connectivity index (χ2v) is 6.21. The third kappa shape index (κ3) is 4.24. The Bertz CT molecular complexity index is 591. The zero-order valence-electron chi connectivity index (χ0n) is 13.1. The molecule has 2 aliphatic rings. The van der Waals surface area contributed by atoms with E-state index in [0.29, 0.717) is 13.0 Å². The Morgan fingerprint density at radius 3 is 2.74 bits per heavy atom. The summed E-state index contributed by atoms with van der Waals surface area (Å²) in [5, 5.41) is 12.1. The van der Waals surface area contributed by atoms with Crippen molar-refractivity contribution in [2.75, 3.05) is 18.4 Å². The van der Waals surface area contributed by atoms with E-state index >= 15 is 0 Å². The Balaban J connectivity index is 0.00000192. The molecule has 1 fully saturated rings. The van der Waals surface area contributed by atoms with E-state index in [4.69, 9.17) is 0 Å². The summed E-state index contributed by atoms with van der Waals surface area (Å²) in [6, 6.07) is 5.54. The molecule has 1 aromatic carbocycles. The molecule has 3 rings (SSSR count). The van der Waals surface area contributed by atoms with E-state index in [1.807, 2.05) is 12.1 Å². The van der Waals surface area contributed by atoms with Gasteiger partial charge in [-0.25, -0.2) is 0 Å². The Hall–Kier alpha value is -1.59. The maximum Gasteiger partial charge on any atom is 0.320 e. The predicted molar refractivity (Wildman–Crippen MR) is 91.2 cm³/mol. The minimum Gasteiger partial charge on any atom is -0.480 e. The van der Waals surface area contributed by atoms with Crippen molar-refractivity contribution in [1.82, 2.24) is 4.90 Å². The maximum atomic E-state index is 12.2. The highest BCUT2D eigenvalue weighted by Gasteiger charge is 2.29. The van der Waals surface area contributed by atoms with Crippen LogP contribution >= 0.6 is 12.4 Å². The highest BCUT2D eigenvalue weighted by molar-refractivity contribution is 5.92. The van der Waals surface area contributed by atoms with Crippen molar-refractivity contribution < 1.29 is 14.7 Å². The first-order valence-corrected chi connectivity index (χ1v) is 8.02. The molecule has 2 N–H and O–H groups in total. The van der Waals surface area contributed by atoms with E-state index in [2.05, 4.69) is 11.4 Å². The molecular weight excluding hydrogens is 316 g/mol. The van der Waals surface area contributed by atoms with Crippen LogP contribution in [0.15, 0.2) is 18.2 Å². The standard InChI is InChI=1S/C17H22N2O3.ClH/c20-16(11-19-9-2-1-6-15(19)17(21)22)18-14-8-7-12-4-3-5-13(12)10-14;/h7-8,10,15H,1-6,9,11H2,(H,18,20)(H,21,22);1H. The highest BCUT2D eigenvalue weighted by Crippen LogP contribution is 2.25. The molecule has 126 valence electrons. The van der Waals surface area contributed by atoms with Gasteiger partial charge < -0.3 is 10.4 Å². The van der Waals surface area contributed by atoms with Crippen LogP contribution < -0.4 is 5.32 Å². The largest absolute Gasteiger partial charge is 0.480 e. The summed E-state index contributed by atoms with van der Waals surface area (Å²) < 4.78 is 0. The van der Waals surface area contributed by atoms with Gasteiger partial charge in [-0.05, 0) is 61.9 Å². The predicted octanol–water partition coefficient (Wildman–Crippen LogP) is 2.47. The third-order valence-corrected chi connectivity index (χ3v) is 4.63. The molecule has 1 atom stereocenters. The smallest absolute Gasteiger partial charge is 0.320 e. The first-order valence-electron chi connectivity index (χ1n) is 8.02. The summed E-state index contributed by atoms with van der Waals surface area (Å²) in [6.07, 6.45) is 5.88.